The van der Waals surface area contributed by atoms with E-state index in [-0.39, 0.29) is 0 Å². The van der Waals surface area contributed by atoms with Crippen molar-refractivity contribution >= 4 is 0 Å². The number of hydrogen-bond donors (Lipinski definition) is 1. The Hall–Kier alpha value is -1.06. The highest BCUT2D eigenvalue weighted by atomic mass is 16.5. The second-order valence-electron chi connectivity index (χ2n) is 5.62. The van der Waals surface area contributed by atoms with E-state index in [1.54, 1.807) is 0 Å². The zero-order chi connectivity index (χ0) is 13.9. The van der Waals surface area contributed by atoms with Gasteiger partial charge >= 0.3 is 0 Å². The molecule has 1 aromatic carbocycles. The Kier molecular flexibility index (Phi) is 4.48. The molecule has 0 aliphatic carbocycles. The van der Waals surface area contributed by atoms with Gasteiger partial charge in [0.15, 0.2) is 0 Å². The van der Waals surface area contributed by atoms with Crippen molar-refractivity contribution in [2.24, 2.45) is 0 Å². The molecule has 2 rings (SSSR count). The Labute approximate surface area is 116 Å². The third-order valence-corrected chi connectivity index (χ3v) is 4.06. The summed E-state index contributed by atoms with van der Waals surface area (Å²) in [6.07, 6.45) is 1.61. The fourth-order valence-electron chi connectivity index (χ4n) is 2.73. The van der Waals surface area contributed by atoms with Gasteiger partial charge in [0.2, 0.25) is 0 Å². The van der Waals surface area contributed by atoms with Crippen molar-refractivity contribution < 1.29 is 9.84 Å². The van der Waals surface area contributed by atoms with Crippen molar-refractivity contribution in [3.63, 3.8) is 0 Å². The van der Waals surface area contributed by atoms with Crippen LogP contribution < -0.4 is 4.74 Å². The standard InChI is InChI=1S/C16H25NO2/c1-4-19-15-7-5-14(6-8-15)16(18)9-11-17(12-10-16)13(2)3/h5-8,13,18H,4,9-12H2,1-3H3. The molecule has 0 bridgehead atoms. The van der Waals surface area contributed by atoms with E-state index in [1.807, 2.05) is 31.2 Å². The Morgan fingerprint density at radius 3 is 2.26 bits per heavy atom. The van der Waals surface area contributed by atoms with Crippen LogP contribution in [0.15, 0.2) is 24.3 Å². The molecule has 0 unspecified atom stereocenters. The summed E-state index contributed by atoms with van der Waals surface area (Å²) in [5.41, 5.74) is 0.343. The van der Waals surface area contributed by atoms with Crippen molar-refractivity contribution in [2.75, 3.05) is 19.7 Å². The first-order chi connectivity index (χ1) is 9.05. The molecule has 3 heteroatoms. The molecule has 1 aromatic rings. The van der Waals surface area contributed by atoms with E-state index in [0.717, 1.165) is 37.2 Å². The van der Waals surface area contributed by atoms with E-state index in [4.69, 9.17) is 4.74 Å². The average molecular weight is 263 g/mol. The van der Waals surface area contributed by atoms with Crippen molar-refractivity contribution in [1.29, 1.82) is 0 Å². The fraction of sp³-hybridized carbons (Fsp3) is 0.625. The normalized spacial score (nSPS) is 19.6. The highest BCUT2D eigenvalue weighted by molar-refractivity contribution is 5.31. The zero-order valence-corrected chi connectivity index (χ0v) is 12.2. The van der Waals surface area contributed by atoms with Gasteiger partial charge in [0.25, 0.3) is 0 Å². The third-order valence-electron chi connectivity index (χ3n) is 4.06. The van der Waals surface area contributed by atoms with Gasteiger partial charge in [-0.2, -0.15) is 0 Å². The van der Waals surface area contributed by atoms with Crippen LogP contribution in [0.2, 0.25) is 0 Å². The van der Waals surface area contributed by atoms with Gasteiger partial charge < -0.3 is 14.7 Å². The van der Waals surface area contributed by atoms with Gasteiger partial charge in [-0.05, 0) is 51.3 Å². The number of likely N-dealkylation sites (tertiary alicyclic amines) is 1. The molecule has 19 heavy (non-hydrogen) atoms. The van der Waals surface area contributed by atoms with Crippen LogP contribution in [0.25, 0.3) is 0 Å². The van der Waals surface area contributed by atoms with Gasteiger partial charge in [-0.1, -0.05) is 12.1 Å². The van der Waals surface area contributed by atoms with Gasteiger partial charge in [-0.3, -0.25) is 0 Å². The van der Waals surface area contributed by atoms with E-state index in [0.29, 0.717) is 12.6 Å². The van der Waals surface area contributed by atoms with E-state index in [1.165, 1.54) is 0 Å². The van der Waals surface area contributed by atoms with Gasteiger partial charge in [0.05, 0.1) is 12.2 Å². The van der Waals surface area contributed by atoms with Gasteiger partial charge in [-0.25, -0.2) is 0 Å². The number of benzene rings is 1. The first-order valence-corrected chi connectivity index (χ1v) is 7.25. The number of aliphatic hydroxyl groups is 1. The molecule has 1 N–H and O–H groups in total. The van der Waals surface area contributed by atoms with Crippen LogP contribution in [0.3, 0.4) is 0 Å². The molecular formula is C16H25NO2. The number of hydrogen-bond acceptors (Lipinski definition) is 3. The van der Waals surface area contributed by atoms with Gasteiger partial charge in [0, 0.05) is 19.1 Å². The summed E-state index contributed by atoms with van der Waals surface area (Å²) in [6, 6.07) is 8.45. The van der Waals surface area contributed by atoms with Crippen LogP contribution in [0.4, 0.5) is 0 Å². The molecule has 1 aliphatic heterocycles. The molecule has 106 valence electrons. The minimum Gasteiger partial charge on any atom is -0.494 e. The lowest BCUT2D eigenvalue weighted by Gasteiger charge is -2.40. The maximum Gasteiger partial charge on any atom is 0.119 e. The molecule has 0 spiro atoms. The lowest BCUT2D eigenvalue weighted by atomic mass is 9.84. The van der Waals surface area contributed by atoms with Crippen LogP contribution in [-0.2, 0) is 5.60 Å². The largest absolute Gasteiger partial charge is 0.494 e. The predicted octanol–water partition coefficient (Wildman–Crippen LogP) is 2.78. The molecule has 1 aliphatic rings. The van der Waals surface area contributed by atoms with Crippen molar-refractivity contribution in [1.82, 2.24) is 4.90 Å². The van der Waals surface area contributed by atoms with Crippen molar-refractivity contribution in [2.45, 2.75) is 45.3 Å². The van der Waals surface area contributed by atoms with Crippen LogP contribution in [0, 0.1) is 0 Å². The molecule has 1 saturated heterocycles. The van der Waals surface area contributed by atoms with Crippen molar-refractivity contribution in [3.8, 4) is 5.75 Å². The minimum absolute atomic E-state index is 0.560. The smallest absolute Gasteiger partial charge is 0.119 e. The van der Waals surface area contributed by atoms with Crippen LogP contribution in [0.1, 0.15) is 39.2 Å². The molecular weight excluding hydrogens is 238 g/mol. The average Bonchev–Trinajstić information content (AvgIpc) is 2.40. The highest BCUT2D eigenvalue weighted by Crippen LogP contribution is 2.34. The van der Waals surface area contributed by atoms with E-state index < -0.39 is 5.60 Å². The topological polar surface area (TPSA) is 32.7 Å². The number of rotatable bonds is 4. The Morgan fingerprint density at radius 2 is 1.79 bits per heavy atom. The summed E-state index contributed by atoms with van der Waals surface area (Å²) >= 11 is 0. The third kappa shape index (κ3) is 3.28. The van der Waals surface area contributed by atoms with E-state index in [2.05, 4.69) is 18.7 Å². The zero-order valence-electron chi connectivity index (χ0n) is 12.2. The van der Waals surface area contributed by atoms with Crippen LogP contribution >= 0.6 is 0 Å². The molecule has 0 aromatic heterocycles. The Morgan fingerprint density at radius 1 is 1.21 bits per heavy atom. The lowest BCUT2D eigenvalue weighted by molar-refractivity contribution is -0.0324. The predicted molar refractivity (Wildman–Crippen MR) is 77.5 cm³/mol. The maximum absolute atomic E-state index is 10.8. The van der Waals surface area contributed by atoms with Gasteiger partial charge in [-0.15, -0.1) is 0 Å². The fourth-order valence-corrected chi connectivity index (χ4v) is 2.73. The maximum atomic E-state index is 10.8. The summed E-state index contributed by atoms with van der Waals surface area (Å²) in [7, 11) is 0. The molecule has 3 nitrogen and oxygen atoms in total. The summed E-state index contributed by atoms with van der Waals surface area (Å²) in [5.74, 6) is 0.870. The minimum atomic E-state index is -0.671. The van der Waals surface area contributed by atoms with E-state index >= 15 is 0 Å². The summed E-state index contributed by atoms with van der Waals surface area (Å²) in [5, 5.41) is 10.8. The summed E-state index contributed by atoms with van der Waals surface area (Å²) in [6.45, 7) is 8.99. The Balaban J connectivity index is 2.04. The number of ether oxygens (including phenoxy) is 1. The molecule has 1 heterocycles. The van der Waals surface area contributed by atoms with Gasteiger partial charge in [0.1, 0.15) is 5.75 Å². The second kappa shape index (κ2) is 5.93. The summed E-state index contributed by atoms with van der Waals surface area (Å²) in [4.78, 5) is 2.42. The first-order valence-electron chi connectivity index (χ1n) is 7.25. The van der Waals surface area contributed by atoms with Crippen LogP contribution in [0.5, 0.6) is 5.75 Å². The monoisotopic (exact) mass is 263 g/mol. The Bertz CT molecular complexity index is 392. The second-order valence-corrected chi connectivity index (χ2v) is 5.62. The first kappa shape index (κ1) is 14.4. The molecule has 0 radical (unpaired) electrons. The van der Waals surface area contributed by atoms with E-state index in [9.17, 15) is 5.11 Å². The molecule has 1 fully saturated rings. The molecule has 0 atom stereocenters. The van der Waals surface area contributed by atoms with Crippen molar-refractivity contribution in [3.05, 3.63) is 29.8 Å². The molecule has 0 saturated carbocycles. The number of piperidine rings is 1. The lowest BCUT2D eigenvalue weighted by Crippen LogP contribution is -2.45. The van der Waals surface area contributed by atoms with Crippen LogP contribution in [-0.4, -0.2) is 35.7 Å². The highest BCUT2D eigenvalue weighted by Gasteiger charge is 2.34. The quantitative estimate of drug-likeness (QED) is 0.906. The SMILES string of the molecule is CCOc1ccc(C2(O)CCN(C(C)C)CC2)cc1. The number of nitrogens with zero attached hydrogens (tertiary/aromatic N) is 1. The summed E-state index contributed by atoms with van der Waals surface area (Å²) < 4.78 is 5.44. The molecule has 0 amide bonds.